The van der Waals surface area contributed by atoms with Gasteiger partial charge in [-0.25, -0.2) is 0 Å². The first kappa shape index (κ1) is 13.4. The Labute approximate surface area is 118 Å². The molecule has 0 unspecified atom stereocenters. The van der Waals surface area contributed by atoms with Crippen LogP contribution in [-0.2, 0) is 4.79 Å². The Kier molecular flexibility index (Phi) is 4.06. The molecular formula is C14H10BrNO3. The fourth-order valence-corrected chi connectivity index (χ4v) is 1.93. The monoisotopic (exact) mass is 319 g/mol. The lowest BCUT2D eigenvalue weighted by Crippen LogP contribution is -2.05. The number of nitrogens with zero attached hydrogens (tertiary/aromatic N) is 1. The molecule has 0 aliphatic heterocycles. The molecule has 5 heteroatoms. The standard InChI is InChI=1S/C14H10BrNO3/c1-9(17)19-13-4-2-3-10(6-13)14(18)11-5-12(15)8-16-7-11/h2-8H,1H3. The fourth-order valence-electron chi connectivity index (χ4n) is 1.57. The van der Waals surface area contributed by atoms with Gasteiger partial charge in [-0.1, -0.05) is 12.1 Å². The van der Waals surface area contributed by atoms with Gasteiger partial charge in [0.25, 0.3) is 0 Å². The Bertz CT molecular complexity index is 640. The molecule has 0 radical (unpaired) electrons. The van der Waals surface area contributed by atoms with Gasteiger partial charge in [0, 0.05) is 34.9 Å². The van der Waals surface area contributed by atoms with E-state index in [-0.39, 0.29) is 5.78 Å². The minimum Gasteiger partial charge on any atom is -0.427 e. The first-order chi connectivity index (χ1) is 9.06. The van der Waals surface area contributed by atoms with Crippen molar-refractivity contribution >= 4 is 27.7 Å². The third-order valence-electron chi connectivity index (χ3n) is 2.32. The molecule has 19 heavy (non-hydrogen) atoms. The highest BCUT2D eigenvalue weighted by Gasteiger charge is 2.11. The Morgan fingerprint density at radius 3 is 2.63 bits per heavy atom. The van der Waals surface area contributed by atoms with E-state index in [9.17, 15) is 9.59 Å². The zero-order chi connectivity index (χ0) is 13.8. The number of carbonyl (C=O) groups is 2. The van der Waals surface area contributed by atoms with E-state index < -0.39 is 5.97 Å². The molecule has 96 valence electrons. The SMILES string of the molecule is CC(=O)Oc1cccc(C(=O)c2cncc(Br)c2)c1. The number of hydrogen-bond acceptors (Lipinski definition) is 4. The minimum atomic E-state index is -0.422. The summed E-state index contributed by atoms with van der Waals surface area (Å²) >= 11 is 3.27. The van der Waals surface area contributed by atoms with Crippen LogP contribution in [-0.4, -0.2) is 16.7 Å². The quantitative estimate of drug-likeness (QED) is 0.496. The van der Waals surface area contributed by atoms with E-state index in [1.807, 2.05) is 0 Å². The molecule has 0 amide bonds. The number of aromatic nitrogens is 1. The zero-order valence-corrected chi connectivity index (χ0v) is 11.7. The maximum atomic E-state index is 12.2. The van der Waals surface area contributed by atoms with Gasteiger partial charge in [-0.05, 0) is 34.1 Å². The normalized spacial score (nSPS) is 10.0. The van der Waals surface area contributed by atoms with E-state index in [1.54, 1.807) is 30.5 Å². The fraction of sp³-hybridized carbons (Fsp3) is 0.0714. The summed E-state index contributed by atoms with van der Waals surface area (Å²) in [7, 11) is 0. The smallest absolute Gasteiger partial charge is 0.308 e. The number of rotatable bonds is 3. The minimum absolute atomic E-state index is 0.178. The van der Waals surface area contributed by atoms with E-state index in [4.69, 9.17) is 4.74 Å². The summed E-state index contributed by atoms with van der Waals surface area (Å²) in [5.74, 6) is -0.252. The van der Waals surface area contributed by atoms with Gasteiger partial charge in [0.15, 0.2) is 5.78 Å². The van der Waals surface area contributed by atoms with Crippen molar-refractivity contribution in [3.63, 3.8) is 0 Å². The van der Waals surface area contributed by atoms with E-state index in [1.165, 1.54) is 19.2 Å². The summed E-state index contributed by atoms with van der Waals surface area (Å²) in [4.78, 5) is 27.1. The summed E-state index contributed by atoms with van der Waals surface area (Å²) in [5.41, 5.74) is 0.910. The van der Waals surface area contributed by atoms with Crippen molar-refractivity contribution in [2.24, 2.45) is 0 Å². The maximum Gasteiger partial charge on any atom is 0.308 e. The van der Waals surface area contributed by atoms with Gasteiger partial charge in [0.05, 0.1) is 0 Å². The number of pyridine rings is 1. The van der Waals surface area contributed by atoms with Crippen LogP contribution in [0, 0.1) is 0 Å². The average molecular weight is 320 g/mol. The average Bonchev–Trinajstić information content (AvgIpc) is 2.37. The summed E-state index contributed by atoms with van der Waals surface area (Å²) in [6.45, 7) is 1.31. The Balaban J connectivity index is 2.31. The Morgan fingerprint density at radius 1 is 1.16 bits per heavy atom. The highest BCUT2D eigenvalue weighted by molar-refractivity contribution is 9.10. The van der Waals surface area contributed by atoms with Crippen molar-refractivity contribution in [2.45, 2.75) is 6.92 Å². The number of hydrogen-bond donors (Lipinski definition) is 0. The molecule has 0 aliphatic rings. The molecule has 0 N–H and O–H groups in total. The van der Waals surface area contributed by atoms with E-state index >= 15 is 0 Å². The van der Waals surface area contributed by atoms with Crippen molar-refractivity contribution < 1.29 is 14.3 Å². The molecule has 0 fully saturated rings. The summed E-state index contributed by atoms with van der Waals surface area (Å²) in [5, 5.41) is 0. The van der Waals surface area contributed by atoms with Crippen molar-refractivity contribution in [2.75, 3.05) is 0 Å². The highest BCUT2D eigenvalue weighted by Crippen LogP contribution is 2.18. The van der Waals surface area contributed by atoms with Crippen molar-refractivity contribution in [3.8, 4) is 5.75 Å². The summed E-state index contributed by atoms with van der Waals surface area (Å²) < 4.78 is 5.68. The molecule has 2 rings (SSSR count). The number of carbonyl (C=O) groups excluding carboxylic acids is 2. The number of ether oxygens (including phenoxy) is 1. The van der Waals surface area contributed by atoms with E-state index in [0.717, 1.165) is 4.47 Å². The molecular weight excluding hydrogens is 310 g/mol. The molecule has 0 aliphatic carbocycles. The van der Waals surface area contributed by atoms with E-state index in [2.05, 4.69) is 20.9 Å². The second-order valence-electron chi connectivity index (χ2n) is 3.84. The molecule has 1 aromatic heterocycles. The van der Waals surface area contributed by atoms with Crippen molar-refractivity contribution in [1.82, 2.24) is 4.98 Å². The van der Waals surface area contributed by atoms with Crippen LogP contribution in [0.5, 0.6) is 5.75 Å². The lowest BCUT2D eigenvalue weighted by Gasteiger charge is -2.04. The van der Waals surface area contributed by atoms with Gasteiger partial charge in [0.2, 0.25) is 0 Å². The van der Waals surface area contributed by atoms with Crippen LogP contribution in [0.1, 0.15) is 22.8 Å². The maximum absolute atomic E-state index is 12.2. The second kappa shape index (κ2) is 5.75. The van der Waals surface area contributed by atoms with Crippen molar-refractivity contribution in [3.05, 3.63) is 58.3 Å². The first-order valence-corrected chi connectivity index (χ1v) is 6.29. The Hall–Kier alpha value is -2.01. The number of benzene rings is 1. The van der Waals surface area contributed by atoms with Crippen LogP contribution < -0.4 is 4.74 Å². The van der Waals surface area contributed by atoms with Gasteiger partial charge in [-0.15, -0.1) is 0 Å². The predicted octanol–water partition coefficient (Wildman–Crippen LogP) is 3.00. The molecule has 1 heterocycles. The van der Waals surface area contributed by atoms with Crippen LogP contribution in [0.3, 0.4) is 0 Å². The lowest BCUT2D eigenvalue weighted by atomic mass is 10.1. The third kappa shape index (κ3) is 3.48. The zero-order valence-electron chi connectivity index (χ0n) is 10.1. The van der Waals surface area contributed by atoms with Gasteiger partial charge < -0.3 is 4.74 Å². The first-order valence-electron chi connectivity index (χ1n) is 5.50. The second-order valence-corrected chi connectivity index (χ2v) is 4.76. The number of ketones is 1. The van der Waals surface area contributed by atoms with Gasteiger partial charge in [-0.2, -0.15) is 0 Å². The number of halogens is 1. The molecule has 0 atom stereocenters. The lowest BCUT2D eigenvalue weighted by molar-refractivity contribution is -0.131. The Morgan fingerprint density at radius 2 is 1.95 bits per heavy atom. The topological polar surface area (TPSA) is 56.3 Å². The summed E-state index contributed by atoms with van der Waals surface area (Å²) in [6, 6.07) is 8.17. The van der Waals surface area contributed by atoms with Crippen LogP contribution >= 0.6 is 15.9 Å². The molecule has 4 nitrogen and oxygen atoms in total. The number of esters is 1. The highest BCUT2D eigenvalue weighted by atomic mass is 79.9. The van der Waals surface area contributed by atoms with Crippen LogP contribution in [0.25, 0.3) is 0 Å². The molecule has 0 spiro atoms. The molecule has 0 bridgehead atoms. The third-order valence-corrected chi connectivity index (χ3v) is 2.76. The molecule has 0 saturated heterocycles. The van der Waals surface area contributed by atoms with Crippen molar-refractivity contribution in [1.29, 1.82) is 0 Å². The van der Waals surface area contributed by atoms with Gasteiger partial charge in [0.1, 0.15) is 5.75 Å². The van der Waals surface area contributed by atoms with Crippen LogP contribution in [0.15, 0.2) is 47.2 Å². The van der Waals surface area contributed by atoms with Crippen LogP contribution in [0.4, 0.5) is 0 Å². The molecule has 1 aromatic carbocycles. The van der Waals surface area contributed by atoms with E-state index in [0.29, 0.717) is 16.9 Å². The summed E-state index contributed by atoms with van der Waals surface area (Å²) in [6.07, 6.45) is 3.09. The van der Waals surface area contributed by atoms with Crippen LogP contribution in [0.2, 0.25) is 0 Å². The molecule has 0 saturated carbocycles. The predicted molar refractivity (Wildman–Crippen MR) is 73.1 cm³/mol. The van der Waals surface area contributed by atoms with Gasteiger partial charge in [-0.3, -0.25) is 14.6 Å². The largest absolute Gasteiger partial charge is 0.427 e. The molecule has 2 aromatic rings. The van der Waals surface area contributed by atoms with Gasteiger partial charge >= 0.3 is 5.97 Å².